The average molecular weight is 258 g/mol. The first-order valence-corrected chi connectivity index (χ1v) is 7.24. The molecule has 0 N–H and O–H groups in total. The van der Waals surface area contributed by atoms with Crippen LogP contribution in [0.4, 0.5) is 0 Å². The molecule has 0 aliphatic carbocycles. The number of hydrogen-bond acceptors (Lipinski definition) is 5. The zero-order valence-corrected chi connectivity index (χ0v) is 11.4. The molecule has 0 amide bonds. The third kappa shape index (κ3) is 5.39. The Hall–Kier alpha value is -0.260. The van der Waals surface area contributed by atoms with Crippen molar-refractivity contribution in [3.63, 3.8) is 0 Å². The third-order valence-electron chi connectivity index (χ3n) is 1.27. The third-order valence-corrected chi connectivity index (χ3v) is 4.92. The van der Waals surface area contributed by atoms with Crippen LogP contribution in [0.3, 0.4) is 0 Å². The van der Waals surface area contributed by atoms with Crippen LogP contribution in [0.5, 0.6) is 0 Å². The monoisotopic (exact) mass is 258 g/mol. The average Bonchev–Trinajstić information content (AvgIpc) is 2.59. The minimum atomic E-state index is 0.916. The lowest BCUT2D eigenvalue weighted by Gasteiger charge is -1.94. The van der Waals surface area contributed by atoms with Gasteiger partial charge in [-0.25, -0.2) is 0 Å². The summed E-state index contributed by atoms with van der Waals surface area (Å²) in [5, 5.41) is 8.21. The van der Waals surface area contributed by atoms with E-state index >= 15 is 0 Å². The molecule has 15 heavy (non-hydrogen) atoms. The van der Waals surface area contributed by atoms with Gasteiger partial charge in [-0.15, -0.1) is 10.2 Å². The topological polar surface area (TPSA) is 25.8 Å². The first-order chi connectivity index (χ1) is 7.08. The first kappa shape index (κ1) is 12.8. The van der Waals surface area contributed by atoms with Crippen molar-refractivity contribution in [1.82, 2.24) is 10.2 Å². The van der Waals surface area contributed by atoms with Gasteiger partial charge in [-0.05, 0) is 13.8 Å². The van der Waals surface area contributed by atoms with Crippen molar-refractivity contribution in [2.45, 2.75) is 22.5 Å². The quantitative estimate of drug-likeness (QED) is 0.571. The van der Waals surface area contributed by atoms with E-state index in [2.05, 4.69) is 23.4 Å². The molecule has 5 heteroatoms. The van der Waals surface area contributed by atoms with Gasteiger partial charge in [0, 0.05) is 11.5 Å². The summed E-state index contributed by atoms with van der Waals surface area (Å²) in [5.41, 5.74) is 2.32. The van der Waals surface area contributed by atoms with Gasteiger partial charge in [0.05, 0.1) is 0 Å². The van der Waals surface area contributed by atoms with Gasteiger partial charge in [-0.2, -0.15) is 0 Å². The van der Waals surface area contributed by atoms with Crippen LogP contribution in [0.2, 0.25) is 0 Å². The number of thioether (sulfide) groups is 2. The van der Waals surface area contributed by atoms with Gasteiger partial charge in [0.2, 0.25) is 0 Å². The highest BCUT2D eigenvalue weighted by Gasteiger charge is 2.05. The number of nitrogens with zero attached hydrogens (tertiary/aromatic N) is 2. The summed E-state index contributed by atoms with van der Waals surface area (Å²) >= 11 is 5.02. The highest BCUT2D eigenvalue weighted by atomic mass is 32.2. The molecule has 0 spiro atoms. The summed E-state index contributed by atoms with van der Waals surface area (Å²) in [7, 11) is 0. The molecule has 0 saturated carbocycles. The maximum Gasteiger partial charge on any atom is 0.175 e. The Kier molecular flexibility index (Phi) is 5.42. The van der Waals surface area contributed by atoms with Gasteiger partial charge in [0.15, 0.2) is 8.68 Å². The van der Waals surface area contributed by atoms with Gasteiger partial charge in [-0.3, -0.25) is 0 Å². The summed E-state index contributed by atoms with van der Waals surface area (Å²) in [5.74, 6) is 1.83. The SMILES string of the molecule is C=C(C)CSc1nnc(SCC(=C)C)s1. The van der Waals surface area contributed by atoms with E-state index in [1.807, 2.05) is 13.8 Å². The van der Waals surface area contributed by atoms with Gasteiger partial charge >= 0.3 is 0 Å². The molecule has 0 radical (unpaired) electrons. The smallest absolute Gasteiger partial charge is 0.131 e. The van der Waals surface area contributed by atoms with E-state index in [0.29, 0.717) is 0 Å². The van der Waals surface area contributed by atoms with E-state index in [1.54, 1.807) is 34.9 Å². The highest BCUT2D eigenvalue weighted by molar-refractivity contribution is 8.03. The fraction of sp³-hybridized carbons (Fsp3) is 0.400. The molecule has 82 valence electrons. The second-order valence-corrected chi connectivity index (χ2v) is 6.75. The Bertz CT molecular complexity index is 325. The Morgan fingerprint density at radius 1 is 1.07 bits per heavy atom. The van der Waals surface area contributed by atoms with Crippen LogP contribution in [-0.4, -0.2) is 21.7 Å². The fourth-order valence-electron chi connectivity index (χ4n) is 0.684. The van der Waals surface area contributed by atoms with Crippen molar-refractivity contribution in [3.8, 4) is 0 Å². The van der Waals surface area contributed by atoms with Crippen molar-refractivity contribution in [3.05, 3.63) is 24.3 Å². The Morgan fingerprint density at radius 3 is 1.80 bits per heavy atom. The summed E-state index contributed by atoms with van der Waals surface area (Å²) in [6.07, 6.45) is 0. The predicted octanol–water partition coefficient (Wildman–Crippen LogP) is 3.87. The predicted molar refractivity (Wildman–Crippen MR) is 71.0 cm³/mol. The normalized spacial score (nSPS) is 10.3. The van der Waals surface area contributed by atoms with Crippen LogP contribution in [0.25, 0.3) is 0 Å². The molecule has 2 nitrogen and oxygen atoms in total. The van der Waals surface area contributed by atoms with Crippen LogP contribution in [0.1, 0.15) is 13.8 Å². The first-order valence-electron chi connectivity index (χ1n) is 4.46. The van der Waals surface area contributed by atoms with Crippen molar-refractivity contribution in [2.75, 3.05) is 11.5 Å². The maximum absolute atomic E-state index is 4.11. The molecule has 0 aromatic carbocycles. The molecule has 0 unspecified atom stereocenters. The Balaban J connectivity index is 2.41. The molecule has 0 bridgehead atoms. The van der Waals surface area contributed by atoms with E-state index in [-0.39, 0.29) is 0 Å². The second-order valence-electron chi connectivity index (χ2n) is 3.33. The second kappa shape index (κ2) is 6.35. The largest absolute Gasteiger partial charge is 0.175 e. The molecule has 0 aliphatic heterocycles. The van der Waals surface area contributed by atoms with Crippen molar-refractivity contribution in [2.24, 2.45) is 0 Å². The van der Waals surface area contributed by atoms with Crippen LogP contribution in [-0.2, 0) is 0 Å². The molecular formula is C10H14N2S3. The maximum atomic E-state index is 4.11. The van der Waals surface area contributed by atoms with Gasteiger partial charge in [0.1, 0.15) is 0 Å². The zero-order chi connectivity index (χ0) is 11.3. The van der Waals surface area contributed by atoms with Crippen molar-refractivity contribution < 1.29 is 0 Å². The molecule has 0 fully saturated rings. The minimum Gasteiger partial charge on any atom is -0.131 e. The van der Waals surface area contributed by atoms with Gasteiger partial charge in [0.25, 0.3) is 0 Å². The molecular weight excluding hydrogens is 244 g/mol. The van der Waals surface area contributed by atoms with Gasteiger partial charge in [-0.1, -0.05) is 59.2 Å². The zero-order valence-electron chi connectivity index (χ0n) is 8.95. The van der Waals surface area contributed by atoms with E-state index in [1.165, 1.54) is 0 Å². The molecule has 1 aromatic heterocycles. The summed E-state index contributed by atoms with van der Waals surface area (Å²) in [6, 6.07) is 0. The number of rotatable bonds is 6. The Labute approximate surface area is 103 Å². The van der Waals surface area contributed by atoms with Crippen LogP contribution >= 0.6 is 34.9 Å². The van der Waals surface area contributed by atoms with E-state index in [0.717, 1.165) is 31.3 Å². The molecule has 1 rings (SSSR count). The summed E-state index contributed by atoms with van der Waals surface area (Å²) < 4.78 is 2.03. The molecule has 0 atom stereocenters. The number of hydrogen-bond donors (Lipinski definition) is 0. The summed E-state index contributed by atoms with van der Waals surface area (Å²) in [6.45, 7) is 11.7. The van der Waals surface area contributed by atoms with Crippen molar-refractivity contribution in [1.29, 1.82) is 0 Å². The standard InChI is InChI=1S/C10H14N2S3/c1-7(2)5-13-9-11-12-10(15-9)14-6-8(3)4/h1,3,5-6H2,2,4H3. The lowest BCUT2D eigenvalue weighted by molar-refractivity contribution is 0.955. The van der Waals surface area contributed by atoms with Crippen LogP contribution < -0.4 is 0 Å². The molecule has 0 aliphatic rings. The minimum absolute atomic E-state index is 0.916. The fourth-order valence-corrected chi connectivity index (χ4v) is 3.39. The molecule has 1 heterocycles. The van der Waals surface area contributed by atoms with E-state index < -0.39 is 0 Å². The Morgan fingerprint density at radius 2 is 1.47 bits per heavy atom. The highest BCUT2D eigenvalue weighted by Crippen LogP contribution is 2.30. The van der Waals surface area contributed by atoms with Crippen LogP contribution in [0, 0.1) is 0 Å². The summed E-state index contributed by atoms with van der Waals surface area (Å²) in [4.78, 5) is 0. The van der Waals surface area contributed by atoms with Crippen LogP contribution in [0.15, 0.2) is 33.0 Å². The van der Waals surface area contributed by atoms with E-state index in [9.17, 15) is 0 Å². The van der Waals surface area contributed by atoms with Crippen molar-refractivity contribution >= 4 is 34.9 Å². The lowest BCUT2D eigenvalue weighted by atomic mass is 10.4. The molecule has 1 aromatic rings. The molecule has 0 saturated heterocycles. The number of aromatic nitrogens is 2. The van der Waals surface area contributed by atoms with E-state index in [4.69, 9.17) is 0 Å². The van der Waals surface area contributed by atoms with Gasteiger partial charge < -0.3 is 0 Å². The lowest BCUT2D eigenvalue weighted by Crippen LogP contribution is -1.79.